The third-order valence-electron chi connectivity index (χ3n) is 4.85. The standard InChI is InChI=1S/C15H22N4O2/c16-17-12-8-13(10-14(9-12)19(20)21)18-7-3-6-15(18)11-4-1-2-5-11/h8-11,15,17H,1-7,16H2. The SMILES string of the molecule is NNc1cc(N2CCCC2C2CCCC2)cc([N+](=O)[O-])c1. The van der Waals surface area contributed by atoms with Gasteiger partial charge in [-0.3, -0.25) is 16.0 Å². The molecule has 6 nitrogen and oxygen atoms in total. The van der Waals surface area contributed by atoms with Crippen LogP contribution in [-0.2, 0) is 0 Å². The van der Waals surface area contributed by atoms with Gasteiger partial charge < -0.3 is 10.3 Å². The first-order chi connectivity index (χ1) is 10.2. The summed E-state index contributed by atoms with van der Waals surface area (Å²) < 4.78 is 0. The normalized spacial score (nSPS) is 22.7. The lowest BCUT2D eigenvalue weighted by Gasteiger charge is -2.31. The van der Waals surface area contributed by atoms with Gasteiger partial charge in [-0.15, -0.1) is 0 Å². The van der Waals surface area contributed by atoms with Gasteiger partial charge >= 0.3 is 0 Å². The highest BCUT2D eigenvalue weighted by atomic mass is 16.6. The van der Waals surface area contributed by atoms with E-state index < -0.39 is 0 Å². The smallest absolute Gasteiger partial charge is 0.273 e. The van der Waals surface area contributed by atoms with Gasteiger partial charge in [-0.2, -0.15) is 0 Å². The first kappa shape index (κ1) is 14.1. The molecule has 1 unspecified atom stereocenters. The Labute approximate surface area is 124 Å². The fourth-order valence-electron chi connectivity index (χ4n) is 3.90. The molecule has 1 heterocycles. The van der Waals surface area contributed by atoms with E-state index in [2.05, 4.69) is 10.3 Å². The van der Waals surface area contributed by atoms with Crippen LogP contribution in [0, 0.1) is 16.0 Å². The van der Waals surface area contributed by atoms with Crippen LogP contribution in [0.4, 0.5) is 17.1 Å². The molecule has 1 aromatic carbocycles. The molecule has 0 radical (unpaired) electrons. The van der Waals surface area contributed by atoms with Gasteiger partial charge in [0.15, 0.2) is 0 Å². The summed E-state index contributed by atoms with van der Waals surface area (Å²) in [5, 5.41) is 11.1. The van der Waals surface area contributed by atoms with Crippen molar-refractivity contribution in [1.82, 2.24) is 0 Å². The Morgan fingerprint density at radius 2 is 1.95 bits per heavy atom. The number of hydrogen-bond donors (Lipinski definition) is 2. The number of non-ortho nitro benzene ring substituents is 1. The van der Waals surface area contributed by atoms with Gasteiger partial charge in [0.2, 0.25) is 0 Å². The summed E-state index contributed by atoms with van der Waals surface area (Å²) in [7, 11) is 0. The van der Waals surface area contributed by atoms with Crippen molar-refractivity contribution < 1.29 is 4.92 Å². The molecule has 1 atom stereocenters. The van der Waals surface area contributed by atoms with Gasteiger partial charge in [-0.1, -0.05) is 12.8 Å². The van der Waals surface area contributed by atoms with Gasteiger partial charge in [0.1, 0.15) is 0 Å². The highest BCUT2D eigenvalue weighted by molar-refractivity contribution is 5.65. The number of nitrogen functional groups attached to an aromatic ring is 1. The largest absolute Gasteiger partial charge is 0.368 e. The van der Waals surface area contributed by atoms with Crippen LogP contribution in [0.5, 0.6) is 0 Å². The second-order valence-electron chi connectivity index (χ2n) is 6.09. The van der Waals surface area contributed by atoms with Crippen molar-refractivity contribution in [2.75, 3.05) is 16.9 Å². The summed E-state index contributed by atoms with van der Waals surface area (Å²) in [6.07, 6.45) is 7.57. The van der Waals surface area contributed by atoms with E-state index in [0.29, 0.717) is 11.7 Å². The molecule has 0 bridgehead atoms. The molecule has 0 aromatic heterocycles. The highest BCUT2D eigenvalue weighted by Crippen LogP contribution is 2.39. The number of rotatable bonds is 4. The van der Waals surface area contributed by atoms with Crippen LogP contribution in [-0.4, -0.2) is 17.5 Å². The number of benzene rings is 1. The van der Waals surface area contributed by atoms with Crippen LogP contribution in [0.1, 0.15) is 38.5 Å². The minimum Gasteiger partial charge on any atom is -0.368 e. The van der Waals surface area contributed by atoms with Crippen molar-refractivity contribution in [3.63, 3.8) is 0 Å². The Kier molecular flexibility index (Phi) is 3.96. The van der Waals surface area contributed by atoms with E-state index in [1.165, 1.54) is 38.2 Å². The fraction of sp³-hybridized carbons (Fsp3) is 0.600. The molecule has 2 aliphatic rings. The van der Waals surface area contributed by atoms with Crippen molar-refractivity contribution in [3.8, 4) is 0 Å². The molecule has 6 heteroatoms. The van der Waals surface area contributed by atoms with Gasteiger partial charge in [0.05, 0.1) is 10.6 Å². The quantitative estimate of drug-likeness (QED) is 0.506. The van der Waals surface area contributed by atoms with Gasteiger partial charge in [0.25, 0.3) is 5.69 Å². The number of nitro groups is 1. The molecule has 3 N–H and O–H groups in total. The topological polar surface area (TPSA) is 84.4 Å². The molecule has 0 amide bonds. The molecular formula is C15H22N4O2. The van der Waals surface area contributed by atoms with Crippen molar-refractivity contribution in [1.29, 1.82) is 0 Å². The Bertz CT molecular complexity index is 528. The average molecular weight is 290 g/mol. The molecule has 3 rings (SSSR count). The van der Waals surface area contributed by atoms with Gasteiger partial charge in [0, 0.05) is 30.4 Å². The lowest BCUT2D eigenvalue weighted by Crippen LogP contribution is -2.34. The van der Waals surface area contributed by atoms with Crippen LogP contribution in [0.15, 0.2) is 18.2 Å². The minimum atomic E-state index is -0.356. The average Bonchev–Trinajstić information content (AvgIpc) is 3.16. The Hall–Kier alpha value is -1.82. The number of anilines is 2. The van der Waals surface area contributed by atoms with Crippen LogP contribution >= 0.6 is 0 Å². The number of nitrogens with one attached hydrogen (secondary N) is 1. The van der Waals surface area contributed by atoms with Crippen molar-refractivity contribution in [2.24, 2.45) is 11.8 Å². The first-order valence-corrected chi connectivity index (χ1v) is 7.72. The highest BCUT2D eigenvalue weighted by Gasteiger charge is 2.34. The summed E-state index contributed by atoms with van der Waals surface area (Å²) in [6.45, 7) is 0.979. The third-order valence-corrected chi connectivity index (χ3v) is 4.85. The molecule has 1 saturated carbocycles. The predicted molar refractivity (Wildman–Crippen MR) is 83.2 cm³/mol. The number of nitro benzene ring substituents is 1. The number of hydrazine groups is 1. The number of hydrogen-bond acceptors (Lipinski definition) is 5. The summed E-state index contributed by atoms with van der Waals surface area (Å²) in [5.41, 5.74) is 4.15. The molecule has 1 saturated heterocycles. The van der Waals surface area contributed by atoms with E-state index in [-0.39, 0.29) is 10.6 Å². The Balaban J connectivity index is 1.90. The van der Waals surface area contributed by atoms with E-state index in [1.807, 2.05) is 6.07 Å². The van der Waals surface area contributed by atoms with E-state index in [0.717, 1.165) is 24.6 Å². The second kappa shape index (κ2) is 5.89. The summed E-state index contributed by atoms with van der Waals surface area (Å²) in [6, 6.07) is 5.60. The van der Waals surface area contributed by atoms with Crippen molar-refractivity contribution >= 4 is 17.1 Å². The van der Waals surface area contributed by atoms with Gasteiger partial charge in [-0.25, -0.2) is 0 Å². The van der Waals surface area contributed by atoms with Crippen LogP contribution in [0.2, 0.25) is 0 Å². The lowest BCUT2D eigenvalue weighted by molar-refractivity contribution is -0.384. The monoisotopic (exact) mass is 290 g/mol. The minimum absolute atomic E-state index is 0.0949. The van der Waals surface area contributed by atoms with Crippen LogP contribution in [0.25, 0.3) is 0 Å². The maximum absolute atomic E-state index is 11.1. The maximum atomic E-state index is 11.1. The van der Waals surface area contributed by atoms with E-state index in [1.54, 1.807) is 6.07 Å². The number of nitrogens with zero attached hydrogens (tertiary/aromatic N) is 2. The zero-order chi connectivity index (χ0) is 14.8. The molecule has 1 aliphatic carbocycles. The van der Waals surface area contributed by atoms with Crippen molar-refractivity contribution in [2.45, 2.75) is 44.6 Å². The first-order valence-electron chi connectivity index (χ1n) is 7.72. The lowest BCUT2D eigenvalue weighted by atomic mass is 9.95. The fourth-order valence-corrected chi connectivity index (χ4v) is 3.90. The summed E-state index contributed by atoms with van der Waals surface area (Å²) in [4.78, 5) is 13.1. The third kappa shape index (κ3) is 2.81. The molecule has 2 fully saturated rings. The number of nitrogens with two attached hydrogens (primary N) is 1. The molecule has 0 spiro atoms. The molecule has 1 aromatic rings. The van der Waals surface area contributed by atoms with E-state index in [9.17, 15) is 10.1 Å². The Morgan fingerprint density at radius 3 is 2.62 bits per heavy atom. The molecule has 114 valence electrons. The second-order valence-corrected chi connectivity index (χ2v) is 6.09. The zero-order valence-corrected chi connectivity index (χ0v) is 12.1. The van der Waals surface area contributed by atoms with Gasteiger partial charge in [-0.05, 0) is 37.7 Å². The van der Waals surface area contributed by atoms with Crippen LogP contribution < -0.4 is 16.2 Å². The van der Waals surface area contributed by atoms with E-state index >= 15 is 0 Å². The zero-order valence-electron chi connectivity index (χ0n) is 12.1. The van der Waals surface area contributed by atoms with E-state index in [4.69, 9.17) is 5.84 Å². The molecule has 1 aliphatic heterocycles. The molecule has 21 heavy (non-hydrogen) atoms. The predicted octanol–water partition coefficient (Wildman–Crippen LogP) is 3.04. The Morgan fingerprint density at radius 1 is 1.19 bits per heavy atom. The van der Waals surface area contributed by atoms with Crippen molar-refractivity contribution in [3.05, 3.63) is 28.3 Å². The maximum Gasteiger partial charge on any atom is 0.273 e. The summed E-state index contributed by atoms with van der Waals surface area (Å²) in [5.74, 6) is 6.19. The summed E-state index contributed by atoms with van der Waals surface area (Å²) >= 11 is 0. The molecular weight excluding hydrogens is 268 g/mol. The van der Waals surface area contributed by atoms with Crippen LogP contribution in [0.3, 0.4) is 0 Å².